The number of anilines is 3. The Morgan fingerprint density at radius 1 is 1.08 bits per heavy atom. The SMILES string of the molecule is CNc1nc(Nc2cc(Cl)ccc2[N+](=O)[O-])cc(-c2ccccc2)n1. The summed E-state index contributed by atoms with van der Waals surface area (Å²) in [5, 5.41) is 17.5. The van der Waals surface area contributed by atoms with Gasteiger partial charge in [0.05, 0.1) is 10.6 Å². The van der Waals surface area contributed by atoms with Crippen LogP contribution >= 0.6 is 11.6 Å². The lowest BCUT2D eigenvalue weighted by Crippen LogP contribution is -2.03. The summed E-state index contributed by atoms with van der Waals surface area (Å²) < 4.78 is 0. The van der Waals surface area contributed by atoms with Crippen molar-refractivity contribution in [3.05, 3.63) is 69.7 Å². The highest BCUT2D eigenvalue weighted by atomic mass is 35.5. The second-order valence-electron chi connectivity index (χ2n) is 5.12. The number of nitrogens with one attached hydrogen (secondary N) is 2. The number of nitrogens with zero attached hydrogens (tertiary/aromatic N) is 3. The van der Waals surface area contributed by atoms with E-state index >= 15 is 0 Å². The molecule has 126 valence electrons. The van der Waals surface area contributed by atoms with Crippen molar-refractivity contribution >= 4 is 34.7 Å². The van der Waals surface area contributed by atoms with E-state index in [4.69, 9.17) is 11.6 Å². The van der Waals surface area contributed by atoms with Crippen molar-refractivity contribution in [3.63, 3.8) is 0 Å². The van der Waals surface area contributed by atoms with Crippen molar-refractivity contribution in [2.45, 2.75) is 0 Å². The van der Waals surface area contributed by atoms with E-state index in [2.05, 4.69) is 20.6 Å². The summed E-state index contributed by atoms with van der Waals surface area (Å²) in [6, 6.07) is 15.6. The van der Waals surface area contributed by atoms with Crippen molar-refractivity contribution in [2.24, 2.45) is 0 Å². The Bertz CT molecular complexity index is 918. The average molecular weight is 356 g/mol. The Morgan fingerprint density at radius 2 is 1.84 bits per heavy atom. The Kier molecular flexibility index (Phi) is 4.76. The van der Waals surface area contributed by atoms with Crippen molar-refractivity contribution in [1.29, 1.82) is 0 Å². The maximum absolute atomic E-state index is 11.2. The number of hydrogen-bond donors (Lipinski definition) is 2. The maximum atomic E-state index is 11.2. The van der Waals surface area contributed by atoms with Gasteiger partial charge in [0.15, 0.2) is 0 Å². The summed E-state index contributed by atoms with van der Waals surface area (Å²) in [7, 11) is 1.70. The molecule has 0 aliphatic carbocycles. The third-order valence-electron chi connectivity index (χ3n) is 3.44. The Balaban J connectivity index is 2.04. The van der Waals surface area contributed by atoms with Crippen molar-refractivity contribution in [1.82, 2.24) is 9.97 Å². The van der Waals surface area contributed by atoms with Gasteiger partial charge in [-0.1, -0.05) is 41.9 Å². The first-order valence-electron chi connectivity index (χ1n) is 7.40. The largest absolute Gasteiger partial charge is 0.357 e. The molecule has 0 spiro atoms. The van der Waals surface area contributed by atoms with Gasteiger partial charge in [0.2, 0.25) is 5.95 Å². The molecule has 2 aromatic carbocycles. The summed E-state index contributed by atoms with van der Waals surface area (Å²) in [5.41, 5.74) is 1.77. The highest BCUT2D eigenvalue weighted by Gasteiger charge is 2.15. The summed E-state index contributed by atoms with van der Waals surface area (Å²) in [6.45, 7) is 0. The first kappa shape index (κ1) is 16.7. The zero-order chi connectivity index (χ0) is 17.8. The average Bonchev–Trinajstić information content (AvgIpc) is 2.62. The summed E-state index contributed by atoms with van der Waals surface area (Å²) in [6.07, 6.45) is 0. The standard InChI is InChI=1S/C17H14ClN5O2/c1-19-17-21-13(11-5-3-2-4-6-11)10-16(22-17)20-14-9-12(18)7-8-15(14)23(24)25/h2-10H,1H3,(H2,19,20,21,22). The summed E-state index contributed by atoms with van der Waals surface area (Å²) in [5.74, 6) is 0.817. The minimum atomic E-state index is -0.475. The summed E-state index contributed by atoms with van der Waals surface area (Å²) in [4.78, 5) is 19.5. The lowest BCUT2D eigenvalue weighted by atomic mass is 10.1. The fourth-order valence-electron chi connectivity index (χ4n) is 2.29. The molecule has 1 heterocycles. The lowest BCUT2D eigenvalue weighted by Gasteiger charge is -2.10. The van der Waals surface area contributed by atoms with Crippen LogP contribution in [0.15, 0.2) is 54.6 Å². The van der Waals surface area contributed by atoms with E-state index < -0.39 is 4.92 Å². The van der Waals surface area contributed by atoms with Crippen LogP contribution in [-0.4, -0.2) is 21.9 Å². The first-order valence-corrected chi connectivity index (χ1v) is 7.78. The molecule has 25 heavy (non-hydrogen) atoms. The number of aromatic nitrogens is 2. The van der Waals surface area contributed by atoms with E-state index in [1.165, 1.54) is 18.2 Å². The van der Waals surface area contributed by atoms with E-state index in [1.807, 2.05) is 30.3 Å². The topological polar surface area (TPSA) is 93.0 Å². The molecule has 0 fully saturated rings. The van der Waals surface area contributed by atoms with Crippen LogP contribution in [0, 0.1) is 10.1 Å². The van der Waals surface area contributed by atoms with Gasteiger partial charge in [-0.15, -0.1) is 0 Å². The highest BCUT2D eigenvalue weighted by Crippen LogP contribution is 2.31. The lowest BCUT2D eigenvalue weighted by molar-refractivity contribution is -0.383. The van der Waals surface area contributed by atoms with Gasteiger partial charge < -0.3 is 10.6 Å². The van der Waals surface area contributed by atoms with Gasteiger partial charge in [0, 0.05) is 29.8 Å². The van der Waals surface area contributed by atoms with Gasteiger partial charge in [0.25, 0.3) is 5.69 Å². The first-order chi connectivity index (χ1) is 12.1. The fraction of sp³-hybridized carbons (Fsp3) is 0.0588. The van der Waals surface area contributed by atoms with Gasteiger partial charge in [-0.3, -0.25) is 10.1 Å². The molecule has 2 N–H and O–H groups in total. The molecule has 0 aliphatic heterocycles. The van der Waals surface area contributed by atoms with Crippen LogP contribution in [0.3, 0.4) is 0 Å². The Hall–Kier alpha value is -3.19. The molecule has 0 saturated carbocycles. The molecule has 3 rings (SSSR count). The smallest absolute Gasteiger partial charge is 0.292 e. The quantitative estimate of drug-likeness (QED) is 0.517. The molecule has 7 nitrogen and oxygen atoms in total. The number of nitro groups is 1. The van der Waals surface area contributed by atoms with Crippen molar-refractivity contribution < 1.29 is 4.92 Å². The molecule has 0 atom stereocenters. The predicted molar refractivity (Wildman–Crippen MR) is 98.4 cm³/mol. The monoisotopic (exact) mass is 355 g/mol. The zero-order valence-electron chi connectivity index (χ0n) is 13.2. The highest BCUT2D eigenvalue weighted by molar-refractivity contribution is 6.31. The number of nitro benzene ring substituents is 1. The Labute approximate surface area is 148 Å². The van der Waals surface area contributed by atoms with Crippen molar-refractivity contribution in [3.8, 4) is 11.3 Å². The third-order valence-corrected chi connectivity index (χ3v) is 3.67. The maximum Gasteiger partial charge on any atom is 0.292 e. The van der Waals surface area contributed by atoms with Gasteiger partial charge in [-0.2, -0.15) is 4.98 Å². The van der Waals surface area contributed by atoms with E-state index in [0.29, 0.717) is 22.5 Å². The molecule has 8 heteroatoms. The van der Waals surface area contributed by atoms with Gasteiger partial charge >= 0.3 is 0 Å². The molecule has 0 radical (unpaired) electrons. The number of rotatable bonds is 5. The number of hydrogen-bond acceptors (Lipinski definition) is 6. The van der Waals surface area contributed by atoms with Gasteiger partial charge in [-0.05, 0) is 12.1 Å². The predicted octanol–water partition coefficient (Wildman–Crippen LogP) is 4.49. The van der Waals surface area contributed by atoms with Crippen LogP contribution in [0.5, 0.6) is 0 Å². The zero-order valence-corrected chi connectivity index (χ0v) is 14.0. The van der Waals surface area contributed by atoms with Crippen LogP contribution < -0.4 is 10.6 Å². The summed E-state index contributed by atoms with van der Waals surface area (Å²) >= 11 is 5.97. The minimum absolute atomic E-state index is 0.0877. The van der Waals surface area contributed by atoms with Crippen LogP contribution in [0.1, 0.15) is 0 Å². The number of halogens is 1. The second kappa shape index (κ2) is 7.14. The van der Waals surface area contributed by atoms with Gasteiger partial charge in [0.1, 0.15) is 11.5 Å². The Morgan fingerprint density at radius 3 is 2.52 bits per heavy atom. The molecule has 0 saturated heterocycles. The molecule has 0 amide bonds. The minimum Gasteiger partial charge on any atom is -0.357 e. The fourth-order valence-corrected chi connectivity index (χ4v) is 2.46. The van der Waals surface area contributed by atoms with E-state index in [9.17, 15) is 10.1 Å². The molecule has 0 aliphatic rings. The van der Waals surface area contributed by atoms with Crippen LogP contribution in [0.2, 0.25) is 5.02 Å². The van der Waals surface area contributed by atoms with Crippen LogP contribution in [-0.2, 0) is 0 Å². The van der Waals surface area contributed by atoms with Crippen LogP contribution in [0.4, 0.5) is 23.1 Å². The third kappa shape index (κ3) is 3.84. The molecule has 0 unspecified atom stereocenters. The number of benzene rings is 2. The van der Waals surface area contributed by atoms with E-state index in [-0.39, 0.29) is 11.4 Å². The second-order valence-corrected chi connectivity index (χ2v) is 5.56. The molecular formula is C17H14ClN5O2. The molecular weight excluding hydrogens is 342 g/mol. The van der Waals surface area contributed by atoms with Crippen LogP contribution in [0.25, 0.3) is 11.3 Å². The molecule has 3 aromatic rings. The van der Waals surface area contributed by atoms with E-state index in [1.54, 1.807) is 13.1 Å². The normalized spacial score (nSPS) is 10.3. The van der Waals surface area contributed by atoms with Crippen molar-refractivity contribution in [2.75, 3.05) is 17.7 Å². The molecule has 0 bridgehead atoms. The van der Waals surface area contributed by atoms with E-state index in [0.717, 1.165) is 5.56 Å². The molecule has 1 aromatic heterocycles. The van der Waals surface area contributed by atoms with Gasteiger partial charge in [-0.25, -0.2) is 4.98 Å².